The molecule has 1 saturated heterocycles. The molecule has 1 aliphatic heterocycles. The molecule has 0 aliphatic carbocycles. The Morgan fingerprint density at radius 1 is 1.10 bits per heavy atom. The number of nitrogens with one attached hydrogen (secondary N) is 2. The first-order valence-corrected chi connectivity index (χ1v) is 14.2. The molecule has 1 aliphatic rings. The highest BCUT2D eigenvalue weighted by atomic mass is 32.1. The molecule has 0 amide bonds. The number of hydrogen-bond donors (Lipinski definition) is 3. The fourth-order valence-electron chi connectivity index (χ4n) is 5.44. The standard InChI is InChI=1S/C30H31N11S/c1-2-11-32-30(42)40-14-12-39(13-15-40)25(16-21-7-4-3-5-8-21)22-9-6-10-23(17-22)28-36-26-27(31)33-20-34-29(26)41(28)19-24-18-35-38-37-24/h1,3-10,17-18,20,25H,11-16,19H2,(H,32,42)(H2,31,33,34)(H,35,37,38). The number of nitrogens with zero attached hydrogens (tertiary/aromatic N) is 8. The van der Waals surface area contributed by atoms with Crippen LogP contribution in [0.4, 0.5) is 5.82 Å². The van der Waals surface area contributed by atoms with E-state index in [-0.39, 0.29) is 6.04 Å². The molecule has 12 heteroatoms. The number of anilines is 1. The number of aromatic amines is 1. The average Bonchev–Trinajstić information content (AvgIpc) is 3.68. The quantitative estimate of drug-likeness (QED) is 0.187. The van der Waals surface area contributed by atoms with Crippen molar-refractivity contribution in [2.75, 3.05) is 38.5 Å². The van der Waals surface area contributed by atoms with Crippen LogP contribution in [0, 0.1) is 12.3 Å². The Kier molecular flexibility index (Phi) is 8.02. The van der Waals surface area contributed by atoms with Crippen LogP contribution in [-0.4, -0.2) is 82.6 Å². The van der Waals surface area contributed by atoms with Gasteiger partial charge in [-0.15, -0.1) is 6.42 Å². The maximum atomic E-state index is 6.22. The van der Waals surface area contributed by atoms with E-state index in [4.69, 9.17) is 29.4 Å². The van der Waals surface area contributed by atoms with Gasteiger partial charge in [0.15, 0.2) is 22.1 Å². The molecular formula is C30H31N11S. The molecular weight excluding hydrogens is 546 g/mol. The largest absolute Gasteiger partial charge is 0.382 e. The van der Waals surface area contributed by atoms with E-state index in [9.17, 15) is 0 Å². The first-order valence-electron chi connectivity index (χ1n) is 13.8. The first-order chi connectivity index (χ1) is 20.6. The number of aromatic nitrogens is 7. The number of imidazole rings is 1. The second-order valence-corrected chi connectivity index (χ2v) is 10.5. The van der Waals surface area contributed by atoms with Crippen LogP contribution in [0.5, 0.6) is 0 Å². The molecule has 5 aromatic rings. The van der Waals surface area contributed by atoms with Crippen molar-refractivity contribution in [2.24, 2.45) is 0 Å². The molecule has 42 heavy (non-hydrogen) atoms. The summed E-state index contributed by atoms with van der Waals surface area (Å²) < 4.78 is 2.01. The third kappa shape index (κ3) is 5.79. The van der Waals surface area contributed by atoms with Crippen LogP contribution in [0.3, 0.4) is 0 Å². The Labute approximate surface area is 249 Å². The SMILES string of the molecule is C#CCNC(=S)N1CCN(C(Cc2ccccc2)c2cccc(-c3nc4c(N)ncnc4n3Cc3cn[nH]n3)c2)CC1. The molecule has 1 atom stereocenters. The van der Waals surface area contributed by atoms with E-state index in [1.807, 2.05) is 4.57 Å². The van der Waals surface area contributed by atoms with Gasteiger partial charge in [-0.25, -0.2) is 15.0 Å². The molecule has 6 rings (SSSR count). The number of nitrogen functional groups attached to an aromatic ring is 1. The van der Waals surface area contributed by atoms with Gasteiger partial charge in [0, 0.05) is 37.8 Å². The third-order valence-corrected chi connectivity index (χ3v) is 7.93. The number of nitrogens with two attached hydrogens (primary N) is 1. The van der Waals surface area contributed by atoms with Crippen molar-refractivity contribution in [1.29, 1.82) is 0 Å². The molecule has 3 aromatic heterocycles. The number of hydrogen-bond acceptors (Lipinski definition) is 8. The van der Waals surface area contributed by atoms with Crippen LogP contribution < -0.4 is 11.1 Å². The highest BCUT2D eigenvalue weighted by Crippen LogP contribution is 2.32. The van der Waals surface area contributed by atoms with Gasteiger partial charge in [-0.3, -0.25) is 4.90 Å². The minimum atomic E-state index is 0.153. The van der Waals surface area contributed by atoms with Crippen LogP contribution in [-0.2, 0) is 13.0 Å². The maximum absolute atomic E-state index is 6.22. The lowest BCUT2D eigenvalue weighted by molar-refractivity contribution is 0.130. The molecule has 0 saturated carbocycles. The van der Waals surface area contributed by atoms with Gasteiger partial charge in [0.05, 0.1) is 19.3 Å². The summed E-state index contributed by atoms with van der Waals surface area (Å²) in [6.45, 7) is 4.26. The zero-order chi connectivity index (χ0) is 28.9. The molecule has 0 spiro atoms. The number of piperazine rings is 1. The van der Waals surface area contributed by atoms with E-state index in [0.717, 1.165) is 49.7 Å². The molecule has 2 aromatic carbocycles. The maximum Gasteiger partial charge on any atom is 0.169 e. The minimum Gasteiger partial charge on any atom is -0.382 e. The summed E-state index contributed by atoms with van der Waals surface area (Å²) >= 11 is 5.57. The van der Waals surface area contributed by atoms with E-state index in [1.165, 1.54) is 17.5 Å². The molecule has 1 fully saturated rings. The number of terminal acetylenes is 1. The molecule has 212 valence electrons. The van der Waals surface area contributed by atoms with E-state index < -0.39 is 0 Å². The summed E-state index contributed by atoms with van der Waals surface area (Å²) in [6, 6.07) is 19.3. The normalized spacial score (nSPS) is 14.5. The van der Waals surface area contributed by atoms with Crippen LogP contribution >= 0.6 is 12.2 Å². The molecule has 0 bridgehead atoms. The number of rotatable bonds is 8. The fourth-order valence-corrected chi connectivity index (χ4v) is 5.70. The van der Waals surface area contributed by atoms with Gasteiger partial charge in [0.2, 0.25) is 0 Å². The van der Waals surface area contributed by atoms with Gasteiger partial charge in [0.1, 0.15) is 17.8 Å². The van der Waals surface area contributed by atoms with Crippen molar-refractivity contribution >= 4 is 34.3 Å². The van der Waals surface area contributed by atoms with Crippen LogP contribution in [0.1, 0.15) is 22.9 Å². The summed E-state index contributed by atoms with van der Waals surface area (Å²) in [5, 5.41) is 14.8. The zero-order valence-corrected chi connectivity index (χ0v) is 23.8. The summed E-state index contributed by atoms with van der Waals surface area (Å²) in [5.74, 6) is 3.68. The third-order valence-electron chi connectivity index (χ3n) is 7.53. The van der Waals surface area contributed by atoms with Gasteiger partial charge in [-0.05, 0) is 35.8 Å². The number of H-pyrrole nitrogens is 1. The number of benzene rings is 2. The Bertz CT molecular complexity index is 1700. The monoisotopic (exact) mass is 577 g/mol. The average molecular weight is 578 g/mol. The zero-order valence-electron chi connectivity index (χ0n) is 23.0. The Morgan fingerprint density at radius 2 is 1.93 bits per heavy atom. The first kappa shape index (κ1) is 27.3. The Hall–Kier alpha value is -4.86. The second kappa shape index (κ2) is 12.3. The Balaban J connectivity index is 1.34. The molecule has 0 radical (unpaired) electrons. The van der Waals surface area contributed by atoms with Crippen LogP contribution in [0.2, 0.25) is 0 Å². The van der Waals surface area contributed by atoms with Crippen molar-refractivity contribution in [2.45, 2.75) is 19.0 Å². The van der Waals surface area contributed by atoms with Gasteiger partial charge in [-0.1, -0.05) is 54.5 Å². The summed E-state index contributed by atoms with van der Waals surface area (Å²) in [6.07, 6.45) is 9.43. The van der Waals surface area contributed by atoms with E-state index >= 15 is 0 Å². The fraction of sp³-hybridized carbons (Fsp3) is 0.267. The van der Waals surface area contributed by atoms with E-state index in [2.05, 4.69) is 101 Å². The van der Waals surface area contributed by atoms with Crippen molar-refractivity contribution in [3.8, 4) is 23.7 Å². The molecule has 4 heterocycles. The molecule has 1 unspecified atom stereocenters. The number of fused-ring (bicyclic) bond motifs is 1. The van der Waals surface area contributed by atoms with Gasteiger partial charge in [-0.2, -0.15) is 15.4 Å². The van der Waals surface area contributed by atoms with Gasteiger partial charge >= 0.3 is 0 Å². The minimum absolute atomic E-state index is 0.153. The molecule has 4 N–H and O–H groups in total. The van der Waals surface area contributed by atoms with Gasteiger partial charge < -0.3 is 20.5 Å². The van der Waals surface area contributed by atoms with Crippen molar-refractivity contribution in [1.82, 2.24) is 50.0 Å². The number of thiocarbonyl (C=S) groups is 1. The topological polar surface area (TPSA) is 130 Å². The molecule has 11 nitrogen and oxygen atoms in total. The predicted molar refractivity (Wildman–Crippen MR) is 166 cm³/mol. The van der Waals surface area contributed by atoms with Gasteiger partial charge in [0.25, 0.3) is 0 Å². The second-order valence-electron chi connectivity index (χ2n) is 10.1. The van der Waals surface area contributed by atoms with Crippen LogP contribution in [0.25, 0.3) is 22.6 Å². The highest BCUT2D eigenvalue weighted by molar-refractivity contribution is 7.80. The van der Waals surface area contributed by atoms with Crippen LogP contribution in [0.15, 0.2) is 67.1 Å². The predicted octanol–water partition coefficient (Wildman–Crippen LogP) is 2.65. The lowest BCUT2D eigenvalue weighted by atomic mass is 9.95. The smallest absolute Gasteiger partial charge is 0.169 e. The lowest BCUT2D eigenvalue weighted by Crippen LogP contribution is -2.52. The van der Waals surface area contributed by atoms with E-state index in [0.29, 0.717) is 35.2 Å². The summed E-state index contributed by atoms with van der Waals surface area (Å²) in [4.78, 5) is 18.3. The summed E-state index contributed by atoms with van der Waals surface area (Å²) in [5.41, 5.74) is 11.6. The lowest BCUT2D eigenvalue weighted by Gasteiger charge is -2.40. The van der Waals surface area contributed by atoms with E-state index in [1.54, 1.807) is 6.20 Å². The van der Waals surface area contributed by atoms with Crippen molar-refractivity contribution in [3.05, 3.63) is 83.9 Å². The van der Waals surface area contributed by atoms with Crippen molar-refractivity contribution in [3.63, 3.8) is 0 Å². The highest BCUT2D eigenvalue weighted by Gasteiger charge is 2.27. The van der Waals surface area contributed by atoms with Crippen molar-refractivity contribution < 1.29 is 0 Å². The Morgan fingerprint density at radius 3 is 2.69 bits per heavy atom. The summed E-state index contributed by atoms with van der Waals surface area (Å²) in [7, 11) is 0.